The lowest BCUT2D eigenvalue weighted by molar-refractivity contribution is 0.386. The van der Waals surface area contributed by atoms with E-state index in [0.717, 1.165) is 5.56 Å². The molecule has 8 heteroatoms. The summed E-state index contributed by atoms with van der Waals surface area (Å²) < 4.78 is 50.0. The third-order valence-corrected chi connectivity index (χ3v) is 5.70. The number of nitrogens with zero attached hydrogens (tertiary/aromatic N) is 1. The van der Waals surface area contributed by atoms with Gasteiger partial charge in [0.05, 0.1) is 17.6 Å². The fourth-order valence-electron chi connectivity index (χ4n) is 3.38. The minimum absolute atomic E-state index is 0.0285. The van der Waals surface area contributed by atoms with E-state index in [4.69, 9.17) is 14.3 Å². The van der Waals surface area contributed by atoms with E-state index in [9.17, 15) is 12.8 Å². The Balaban J connectivity index is 1.96. The Bertz CT molecular complexity index is 1330. The molecule has 6 nitrogen and oxygen atoms in total. The predicted molar refractivity (Wildman–Crippen MR) is 115 cm³/mol. The summed E-state index contributed by atoms with van der Waals surface area (Å²) >= 11 is 0. The van der Waals surface area contributed by atoms with E-state index in [2.05, 4.69) is 4.98 Å². The highest BCUT2D eigenvalue weighted by Crippen LogP contribution is 2.40. The second-order valence-corrected chi connectivity index (χ2v) is 8.34. The Morgan fingerprint density at radius 1 is 0.968 bits per heavy atom. The molecule has 0 unspecified atom stereocenters. The van der Waals surface area contributed by atoms with Gasteiger partial charge in [0.25, 0.3) is 0 Å². The summed E-state index contributed by atoms with van der Waals surface area (Å²) in [5.74, 6) is -0.0731. The number of rotatable bonds is 6. The van der Waals surface area contributed by atoms with Crippen molar-refractivity contribution >= 4 is 10.0 Å². The second-order valence-electron chi connectivity index (χ2n) is 6.81. The van der Waals surface area contributed by atoms with E-state index in [1.165, 1.54) is 25.3 Å². The van der Waals surface area contributed by atoms with E-state index in [1.807, 2.05) is 30.3 Å². The lowest BCUT2D eigenvalue weighted by atomic mass is 10.0. The van der Waals surface area contributed by atoms with Crippen LogP contribution >= 0.6 is 0 Å². The Labute approximate surface area is 179 Å². The van der Waals surface area contributed by atoms with E-state index >= 15 is 0 Å². The molecule has 31 heavy (non-hydrogen) atoms. The number of aromatic nitrogens is 1. The van der Waals surface area contributed by atoms with Gasteiger partial charge in [-0.05, 0) is 23.8 Å². The molecule has 0 spiro atoms. The molecular weight excluding hydrogens is 419 g/mol. The first kappa shape index (κ1) is 20.8. The van der Waals surface area contributed by atoms with Gasteiger partial charge >= 0.3 is 0 Å². The number of hydrogen-bond acceptors (Lipinski definition) is 5. The van der Waals surface area contributed by atoms with E-state index < -0.39 is 15.8 Å². The summed E-state index contributed by atoms with van der Waals surface area (Å²) in [7, 11) is -2.69. The molecule has 0 aliphatic rings. The summed E-state index contributed by atoms with van der Waals surface area (Å²) in [6.45, 7) is 0. The molecule has 0 aliphatic heterocycles. The van der Waals surface area contributed by atoms with Crippen molar-refractivity contribution < 1.29 is 22.0 Å². The van der Waals surface area contributed by atoms with Crippen molar-refractivity contribution in [2.24, 2.45) is 5.14 Å². The fourth-order valence-corrected chi connectivity index (χ4v) is 4.12. The van der Waals surface area contributed by atoms with Gasteiger partial charge in [-0.25, -0.2) is 22.9 Å². The molecule has 0 radical (unpaired) electrons. The average molecular weight is 438 g/mol. The van der Waals surface area contributed by atoms with Crippen LogP contribution in [0.1, 0.15) is 11.5 Å². The highest BCUT2D eigenvalue weighted by atomic mass is 32.2. The second kappa shape index (κ2) is 8.33. The largest absolute Gasteiger partial charge is 0.493 e. The third-order valence-electron chi connectivity index (χ3n) is 4.73. The molecule has 0 saturated carbocycles. The minimum atomic E-state index is -4.04. The first-order chi connectivity index (χ1) is 14.9. The molecule has 2 N–H and O–H groups in total. The predicted octanol–water partition coefficient (Wildman–Crippen LogP) is 4.39. The smallest absolute Gasteiger partial charge is 0.238 e. The standard InChI is InChI=1S/C23H19FN2O4S/c1-29-22-17(11-7-12-18(22)24)23-21(16-10-5-6-13-19(16)31(25,27)28)26-20(30-23)14-15-8-3-2-4-9-15/h2-13H,14H2,1H3,(H2,25,27,28). The zero-order valence-electron chi connectivity index (χ0n) is 16.6. The van der Waals surface area contributed by atoms with Crippen molar-refractivity contribution in [1.82, 2.24) is 4.98 Å². The average Bonchev–Trinajstić information content (AvgIpc) is 3.17. The van der Waals surface area contributed by atoms with E-state index in [1.54, 1.807) is 24.3 Å². The lowest BCUT2D eigenvalue weighted by Gasteiger charge is -2.10. The van der Waals surface area contributed by atoms with Crippen LogP contribution in [0.25, 0.3) is 22.6 Å². The van der Waals surface area contributed by atoms with Gasteiger partial charge < -0.3 is 9.15 Å². The van der Waals surface area contributed by atoms with Crippen molar-refractivity contribution in [2.45, 2.75) is 11.3 Å². The normalized spacial score (nSPS) is 11.5. The van der Waals surface area contributed by atoms with Gasteiger partial charge in [-0.2, -0.15) is 0 Å². The number of oxazole rings is 1. The quantitative estimate of drug-likeness (QED) is 0.482. The molecule has 3 aromatic carbocycles. The number of benzene rings is 3. The van der Waals surface area contributed by atoms with Crippen LogP contribution in [0, 0.1) is 5.82 Å². The van der Waals surface area contributed by atoms with Gasteiger partial charge in [-0.3, -0.25) is 0 Å². The Hall–Kier alpha value is -3.49. The third kappa shape index (κ3) is 4.21. The van der Waals surface area contributed by atoms with Crippen molar-refractivity contribution in [3.05, 3.63) is 90.1 Å². The highest BCUT2D eigenvalue weighted by molar-refractivity contribution is 7.89. The van der Waals surface area contributed by atoms with Crippen molar-refractivity contribution in [3.8, 4) is 28.3 Å². The first-order valence-electron chi connectivity index (χ1n) is 9.37. The van der Waals surface area contributed by atoms with Gasteiger partial charge in [0.2, 0.25) is 10.0 Å². The Morgan fingerprint density at radius 3 is 2.35 bits per heavy atom. The molecule has 0 saturated heterocycles. The molecule has 4 aromatic rings. The topological polar surface area (TPSA) is 95.4 Å². The number of nitrogens with two attached hydrogens (primary N) is 1. The summed E-state index contributed by atoms with van der Waals surface area (Å²) in [5, 5.41) is 5.42. The molecular formula is C23H19FN2O4S. The summed E-state index contributed by atoms with van der Waals surface area (Å²) in [6.07, 6.45) is 0.364. The molecule has 158 valence electrons. The van der Waals surface area contributed by atoms with Gasteiger partial charge in [0, 0.05) is 12.0 Å². The summed E-state index contributed by atoms with van der Waals surface area (Å²) in [6, 6.07) is 20.1. The molecule has 1 heterocycles. The van der Waals surface area contributed by atoms with Crippen LogP contribution < -0.4 is 9.88 Å². The Morgan fingerprint density at radius 2 is 1.65 bits per heavy atom. The van der Waals surface area contributed by atoms with Crippen LogP contribution in [-0.2, 0) is 16.4 Å². The minimum Gasteiger partial charge on any atom is -0.493 e. The van der Waals surface area contributed by atoms with Crippen LogP contribution in [0.2, 0.25) is 0 Å². The van der Waals surface area contributed by atoms with Gasteiger partial charge in [0.15, 0.2) is 23.2 Å². The lowest BCUT2D eigenvalue weighted by Crippen LogP contribution is -2.13. The van der Waals surface area contributed by atoms with Crippen molar-refractivity contribution in [3.63, 3.8) is 0 Å². The van der Waals surface area contributed by atoms with Gasteiger partial charge in [-0.1, -0.05) is 54.6 Å². The highest BCUT2D eigenvalue weighted by Gasteiger charge is 2.25. The molecule has 0 bridgehead atoms. The molecule has 0 fully saturated rings. The maximum atomic E-state index is 14.4. The van der Waals surface area contributed by atoms with E-state index in [0.29, 0.717) is 17.9 Å². The van der Waals surface area contributed by atoms with Crippen LogP contribution in [0.5, 0.6) is 5.75 Å². The van der Waals surface area contributed by atoms with Crippen molar-refractivity contribution in [2.75, 3.05) is 7.11 Å². The first-order valence-corrected chi connectivity index (χ1v) is 10.9. The fraction of sp³-hybridized carbons (Fsp3) is 0.0870. The Kier molecular flexibility index (Phi) is 5.58. The zero-order chi connectivity index (χ0) is 22.0. The number of ether oxygens (including phenoxy) is 1. The monoisotopic (exact) mass is 438 g/mol. The maximum Gasteiger partial charge on any atom is 0.238 e. The van der Waals surface area contributed by atoms with E-state index in [-0.39, 0.29) is 27.7 Å². The molecule has 4 rings (SSSR count). The number of halogens is 1. The maximum absolute atomic E-state index is 14.4. The van der Waals surface area contributed by atoms with Crippen LogP contribution in [0.15, 0.2) is 82.1 Å². The number of para-hydroxylation sites is 1. The molecule has 0 amide bonds. The molecule has 0 atom stereocenters. The number of primary sulfonamides is 1. The van der Waals surface area contributed by atoms with Crippen LogP contribution in [0.3, 0.4) is 0 Å². The number of hydrogen-bond donors (Lipinski definition) is 1. The van der Waals surface area contributed by atoms with Crippen molar-refractivity contribution in [1.29, 1.82) is 0 Å². The van der Waals surface area contributed by atoms with Crippen LogP contribution in [-0.4, -0.2) is 20.5 Å². The van der Waals surface area contributed by atoms with Gasteiger partial charge in [-0.15, -0.1) is 0 Å². The number of sulfonamides is 1. The zero-order valence-corrected chi connectivity index (χ0v) is 17.4. The molecule has 1 aromatic heterocycles. The summed E-state index contributed by atoms with van der Waals surface area (Å²) in [4.78, 5) is 4.46. The SMILES string of the molecule is COc1c(F)cccc1-c1oc(Cc2ccccc2)nc1-c1ccccc1S(N)(=O)=O. The number of methoxy groups -OCH3 is 1. The van der Waals surface area contributed by atoms with Crippen LogP contribution in [0.4, 0.5) is 4.39 Å². The molecule has 0 aliphatic carbocycles. The summed E-state index contributed by atoms with van der Waals surface area (Å²) in [5.41, 5.74) is 1.76. The van der Waals surface area contributed by atoms with Gasteiger partial charge in [0.1, 0.15) is 5.69 Å².